The summed E-state index contributed by atoms with van der Waals surface area (Å²) in [4.78, 5) is 31.4. The first-order valence-electron chi connectivity index (χ1n) is 10.2. The molecule has 1 aromatic carbocycles. The zero-order valence-electron chi connectivity index (χ0n) is 17.8. The number of alkyl halides is 3. The summed E-state index contributed by atoms with van der Waals surface area (Å²) in [6.45, 7) is -0.0959. The summed E-state index contributed by atoms with van der Waals surface area (Å²) in [6.07, 6.45) is 2.49. The molecule has 1 spiro atoms. The van der Waals surface area contributed by atoms with Gasteiger partial charge in [-0.1, -0.05) is 5.92 Å². The summed E-state index contributed by atoms with van der Waals surface area (Å²) in [5.41, 5.74) is -3.72. The molecule has 2 heterocycles. The molecule has 0 radical (unpaired) electrons. The number of carbonyl (C=O) groups excluding carboxylic acids is 2. The van der Waals surface area contributed by atoms with Crippen LogP contribution in [0.5, 0.6) is 0 Å². The Kier molecular flexibility index (Phi) is 5.95. The molecule has 1 aliphatic carbocycles. The molecule has 1 saturated carbocycles. The van der Waals surface area contributed by atoms with Crippen LogP contribution in [-0.2, 0) is 11.0 Å². The van der Waals surface area contributed by atoms with Crippen LogP contribution in [0.3, 0.4) is 0 Å². The molecule has 2 amide bonds. The first-order valence-corrected chi connectivity index (χ1v) is 10.6. The van der Waals surface area contributed by atoms with Gasteiger partial charge < -0.3 is 10.2 Å². The largest absolute Gasteiger partial charge is 0.419 e. The number of pyridine rings is 1. The number of anilines is 2. The lowest BCUT2D eigenvalue weighted by atomic mass is 9.75. The summed E-state index contributed by atoms with van der Waals surface area (Å²) < 4.78 is 55.2. The van der Waals surface area contributed by atoms with Crippen LogP contribution in [0, 0.1) is 29.5 Å². The molecule has 0 unspecified atom stereocenters. The van der Waals surface area contributed by atoms with Crippen molar-refractivity contribution in [2.24, 2.45) is 0 Å². The predicted molar refractivity (Wildman–Crippen MR) is 121 cm³/mol. The lowest BCUT2D eigenvalue weighted by Crippen LogP contribution is -2.55. The van der Waals surface area contributed by atoms with E-state index in [-0.39, 0.29) is 28.6 Å². The highest BCUT2D eigenvalue weighted by molar-refractivity contribution is 7.81. The number of benzene rings is 1. The van der Waals surface area contributed by atoms with Gasteiger partial charge in [-0.25, -0.2) is 9.37 Å². The molecule has 2 fully saturated rings. The van der Waals surface area contributed by atoms with Crippen molar-refractivity contribution in [3.8, 4) is 18.4 Å². The number of terminal acetylenes is 1. The van der Waals surface area contributed by atoms with E-state index in [2.05, 4.69) is 16.2 Å². The lowest BCUT2D eigenvalue weighted by Gasteiger charge is -2.43. The van der Waals surface area contributed by atoms with E-state index < -0.39 is 40.6 Å². The smallest absolute Gasteiger partial charge is 0.341 e. The number of thiocarbonyl (C=S) groups is 1. The Balaban J connectivity index is 1.75. The molecule has 0 bridgehead atoms. The zero-order chi connectivity index (χ0) is 25.5. The number of carbonyl (C=O) groups is 2. The molecule has 7 nitrogen and oxygen atoms in total. The van der Waals surface area contributed by atoms with E-state index in [1.54, 1.807) is 0 Å². The van der Waals surface area contributed by atoms with Crippen molar-refractivity contribution in [3.63, 3.8) is 0 Å². The van der Waals surface area contributed by atoms with Crippen LogP contribution in [0.1, 0.15) is 40.9 Å². The van der Waals surface area contributed by atoms with Crippen LogP contribution in [0.2, 0.25) is 0 Å². The van der Waals surface area contributed by atoms with E-state index in [0.717, 1.165) is 17.2 Å². The number of hydrogen-bond acceptors (Lipinski definition) is 5. The van der Waals surface area contributed by atoms with Crippen LogP contribution >= 0.6 is 12.2 Å². The Morgan fingerprint density at radius 3 is 2.54 bits per heavy atom. The number of halogens is 4. The Morgan fingerprint density at radius 2 is 2.00 bits per heavy atom. The van der Waals surface area contributed by atoms with E-state index in [9.17, 15) is 27.2 Å². The van der Waals surface area contributed by atoms with Crippen LogP contribution in [-0.4, -0.2) is 34.0 Å². The molecule has 4 rings (SSSR count). The lowest BCUT2D eigenvalue weighted by molar-refractivity contribution is -0.138. The minimum Gasteiger partial charge on any atom is -0.341 e. The molecular formula is C23H15F4N5O2S. The standard InChI is InChI=1S/C23H15F4N5O2S/c1-2-8-29-19(33)15-5-4-13(10-17(15)24)32-21(35)31(20(34)22(32)6-3-7-22)14-9-16(23(25,26)27)18(11-28)30-12-14/h1,4-5,9-10,12H,3,6-8H2,(H,29,33). The SMILES string of the molecule is C#CCNC(=O)c1ccc(N2C(=S)N(c3cnc(C#N)c(C(F)(F)F)c3)C(=O)C23CCC3)cc1F. The van der Waals surface area contributed by atoms with Gasteiger partial charge in [-0.15, -0.1) is 6.42 Å². The predicted octanol–water partition coefficient (Wildman–Crippen LogP) is 3.53. The fourth-order valence-electron chi connectivity index (χ4n) is 4.14. The van der Waals surface area contributed by atoms with Gasteiger partial charge >= 0.3 is 6.18 Å². The Bertz CT molecular complexity index is 1340. The fraction of sp³-hybridized carbons (Fsp3) is 0.261. The number of rotatable bonds is 4. The number of aromatic nitrogens is 1. The van der Waals surface area contributed by atoms with Crippen LogP contribution in [0.4, 0.5) is 28.9 Å². The Labute approximate surface area is 202 Å². The van der Waals surface area contributed by atoms with Crippen molar-refractivity contribution >= 4 is 40.5 Å². The molecule has 2 aliphatic rings. The number of nitrogens with zero attached hydrogens (tertiary/aromatic N) is 4. The second-order valence-corrected chi connectivity index (χ2v) is 8.26. The van der Waals surface area contributed by atoms with E-state index >= 15 is 0 Å². The first-order chi connectivity index (χ1) is 16.5. The van der Waals surface area contributed by atoms with Gasteiger partial charge in [0.05, 0.1) is 29.6 Å². The average molecular weight is 501 g/mol. The average Bonchev–Trinajstić information content (AvgIpc) is 3.03. The quantitative estimate of drug-likeness (QED) is 0.392. The van der Waals surface area contributed by atoms with Gasteiger partial charge in [-0.3, -0.25) is 14.5 Å². The molecule has 1 N–H and O–H groups in total. The Hall–Kier alpha value is -4.03. The van der Waals surface area contributed by atoms with Gasteiger partial charge in [0.2, 0.25) is 0 Å². The maximum atomic E-state index is 14.8. The maximum Gasteiger partial charge on any atom is 0.419 e. The normalized spacial score (nSPS) is 16.6. The summed E-state index contributed by atoms with van der Waals surface area (Å²) in [6, 6.07) is 5.67. The minimum absolute atomic E-state index is 0.0959. The van der Waals surface area contributed by atoms with Crippen LogP contribution < -0.4 is 15.1 Å². The van der Waals surface area contributed by atoms with E-state index in [0.29, 0.717) is 25.3 Å². The highest BCUT2D eigenvalue weighted by atomic mass is 32.1. The second kappa shape index (κ2) is 8.64. The summed E-state index contributed by atoms with van der Waals surface area (Å²) in [7, 11) is 0. The summed E-state index contributed by atoms with van der Waals surface area (Å²) >= 11 is 5.47. The van der Waals surface area contributed by atoms with Crippen molar-refractivity contribution < 1.29 is 27.2 Å². The highest BCUT2D eigenvalue weighted by Crippen LogP contribution is 2.48. The van der Waals surface area contributed by atoms with Crippen molar-refractivity contribution in [1.82, 2.24) is 10.3 Å². The van der Waals surface area contributed by atoms with Gasteiger partial charge in [-0.05, 0) is 55.7 Å². The third-order valence-electron chi connectivity index (χ3n) is 5.94. The molecule has 1 aliphatic heterocycles. The zero-order valence-corrected chi connectivity index (χ0v) is 18.6. The number of hydrogen-bond donors (Lipinski definition) is 1. The van der Waals surface area contributed by atoms with Gasteiger partial charge in [0.1, 0.15) is 17.4 Å². The second-order valence-electron chi connectivity index (χ2n) is 7.89. The van der Waals surface area contributed by atoms with Crippen LogP contribution in [0.15, 0.2) is 30.5 Å². The van der Waals surface area contributed by atoms with Crippen molar-refractivity contribution in [2.75, 3.05) is 16.3 Å². The topological polar surface area (TPSA) is 89.3 Å². The molecule has 1 saturated heterocycles. The first kappa shape index (κ1) is 24.1. The van der Waals surface area contributed by atoms with Gasteiger partial charge in [-0.2, -0.15) is 18.4 Å². The molecule has 2 aromatic rings. The van der Waals surface area contributed by atoms with E-state index in [1.807, 2.05) is 0 Å². The third-order valence-corrected chi connectivity index (χ3v) is 6.31. The fourth-order valence-corrected chi connectivity index (χ4v) is 4.61. The Morgan fingerprint density at radius 1 is 1.29 bits per heavy atom. The summed E-state index contributed by atoms with van der Waals surface area (Å²) in [5.74, 6) is 0.0105. The van der Waals surface area contributed by atoms with Crippen molar-refractivity contribution in [3.05, 3.63) is 53.1 Å². The minimum atomic E-state index is -4.88. The molecule has 12 heteroatoms. The molecular weight excluding hydrogens is 486 g/mol. The van der Waals surface area contributed by atoms with Gasteiger partial charge in [0, 0.05) is 5.69 Å². The van der Waals surface area contributed by atoms with Crippen molar-refractivity contribution in [2.45, 2.75) is 31.0 Å². The molecule has 1 aromatic heterocycles. The van der Waals surface area contributed by atoms with Gasteiger partial charge in [0.15, 0.2) is 10.8 Å². The monoisotopic (exact) mass is 501 g/mol. The molecule has 35 heavy (non-hydrogen) atoms. The van der Waals surface area contributed by atoms with Gasteiger partial charge in [0.25, 0.3) is 11.8 Å². The number of nitrogens with one attached hydrogen (secondary N) is 1. The number of amides is 2. The van der Waals surface area contributed by atoms with Crippen molar-refractivity contribution in [1.29, 1.82) is 5.26 Å². The third kappa shape index (κ3) is 3.86. The number of nitriles is 1. The summed E-state index contributed by atoms with van der Waals surface area (Å²) in [5, 5.41) is 11.2. The van der Waals surface area contributed by atoms with E-state index in [4.69, 9.17) is 23.9 Å². The highest BCUT2D eigenvalue weighted by Gasteiger charge is 2.59. The maximum absolute atomic E-state index is 14.8. The van der Waals surface area contributed by atoms with E-state index in [1.165, 1.54) is 23.1 Å². The van der Waals surface area contributed by atoms with Crippen LogP contribution in [0.25, 0.3) is 0 Å². The molecule has 178 valence electrons. The molecule has 0 atom stereocenters.